The number of aliphatic hydroxyl groups excluding tert-OH is 1. The van der Waals surface area contributed by atoms with E-state index in [1.165, 1.54) is 12.5 Å². The van der Waals surface area contributed by atoms with Crippen LogP contribution in [0.15, 0.2) is 0 Å². The molecule has 0 aromatic rings. The second-order valence-corrected chi connectivity index (χ2v) is 5.92. The van der Waals surface area contributed by atoms with Gasteiger partial charge in [-0.25, -0.2) is 0 Å². The summed E-state index contributed by atoms with van der Waals surface area (Å²) >= 11 is 0. The van der Waals surface area contributed by atoms with Crippen LogP contribution in [0.25, 0.3) is 0 Å². The van der Waals surface area contributed by atoms with Crippen LogP contribution in [0.5, 0.6) is 0 Å². The minimum atomic E-state index is -2.17. The van der Waals surface area contributed by atoms with Crippen molar-refractivity contribution < 1.29 is 13.5 Å². The number of aliphatic hydroxyl groups is 1. The molecule has 0 aliphatic heterocycles. The van der Waals surface area contributed by atoms with Gasteiger partial charge in [-0.3, -0.25) is 13.2 Å². The van der Waals surface area contributed by atoms with E-state index in [0.717, 1.165) is 7.11 Å². The van der Waals surface area contributed by atoms with Crippen molar-refractivity contribution in [1.29, 1.82) is 4.78 Å². The highest BCUT2D eigenvalue weighted by Gasteiger charge is 1.72. The van der Waals surface area contributed by atoms with E-state index in [4.69, 9.17) is 9.89 Å². The summed E-state index contributed by atoms with van der Waals surface area (Å²) in [6, 6.07) is 0. The van der Waals surface area contributed by atoms with Crippen LogP contribution in [-0.2, 0) is 20.5 Å². The fourth-order valence-electron chi connectivity index (χ4n) is 0. The zero-order valence-electron chi connectivity index (χ0n) is 7.58. The van der Waals surface area contributed by atoms with E-state index in [1.54, 1.807) is 12.5 Å². The Morgan fingerprint density at radius 2 is 1.27 bits per heavy atom. The topological polar surface area (TPSA) is 78.2 Å². The quantitative estimate of drug-likeness (QED) is 0.577. The van der Waals surface area contributed by atoms with Gasteiger partial charge >= 0.3 is 0 Å². The molecule has 0 radical (unpaired) electrons. The second-order valence-electron chi connectivity index (χ2n) is 1.97. The molecule has 0 amide bonds. The highest BCUT2D eigenvalue weighted by molar-refractivity contribution is 7.91. The molecule has 0 aromatic carbocycles. The molecule has 0 saturated heterocycles. The van der Waals surface area contributed by atoms with Gasteiger partial charge in [0.25, 0.3) is 0 Å². The highest BCUT2D eigenvalue weighted by Crippen LogP contribution is 1.65. The molecule has 0 saturated carbocycles. The first-order valence-electron chi connectivity index (χ1n) is 2.62. The van der Waals surface area contributed by atoms with Crippen molar-refractivity contribution in [2.24, 2.45) is 0 Å². The third kappa shape index (κ3) is 182000. The molecule has 0 unspecified atom stereocenters. The first kappa shape index (κ1) is 17.2. The third-order valence-corrected chi connectivity index (χ3v) is 0. The summed E-state index contributed by atoms with van der Waals surface area (Å²) in [5.41, 5.74) is 0. The molecular weight excluding hydrogens is 186 g/mol. The molecule has 0 atom stereocenters. The van der Waals surface area contributed by atoms with E-state index in [2.05, 4.69) is 0 Å². The van der Waals surface area contributed by atoms with Crippen LogP contribution < -0.4 is 0 Å². The molecule has 0 bridgehead atoms. The molecule has 0 aromatic heterocycles. The van der Waals surface area contributed by atoms with Gasteiger partial charge in [0, 0.05) is 52.7 Å². The Bertz CT molecular complexity index is 162. The van der Waals surface area contributed by atoms with Gasteiger partial charge in [0.15, 0.2) is 0 Å². The van der Waals surface area contributed by atoms with E-state index >= 15 is 0 Å². The molecule has 6 heteroatoms. The van der Waals surface area contributed by atoms with Gasteiger partial charge in [-0.1, -0.05) is 0 Å². The van der Waals surface area contributed by atoms with E-state index in [0.29, 0.717) is 0 Å². The fourth-order valence-corrected chi connectivity index (χ4v) is 0. The fraction of sp³-hybridized carbons (Fsp3) is 1.00. The highest BCUT2D eigenvalue weighted by atomic mass is 32.2. The average molecular weight is 203 g/mol. The molecule has 2 N–H and O–H groups in total. The van der Waals surface area contributed by atoms with E-state index < -0.39 is 20.5 Å². The van der Waals surface area contributed by atoms with Gasteiger partial charge in [-0.15, -0.1) is 0 Å². The number of hydrogen-bond acceptors (Lipinski definition) is 4. The van der Waals surface area contributed by atoms with Crippen LogP contribution in [0.4, 0.5) is 0 Å². The zero-order valence-corrected chi connectivity index (χ0v) is 9.21. The van der Waals surface area contributed by atoms with Gasteiger partial charge in [0.05, 0.1) is 0 Å². The maximum absolute atomic E-state index is 9.85. The predicted octanol–water partition coefficient (Wildman–Crippen LogP) is -0.104. The molecule has 72 valence electrons. The second kappa shape index (κ2) is 10.1. The number of rotatable bonds is 0. The van der Waals surface area contributed by atoms with Gasteiger partial charge in [0.1, 0.15) is 0 Å². The normalized spacial score (nSPS) is 9.00. The van der Waals surface area contributed by atoms with Gasteiger partial charge < -0.3 is 5.11 Å². The molecular formula is C5H17NO3S2. The molecule has 0 spiro atoms. The minimum Gasteiger partial charge on any atom is -0.400 e. The molecule has 0 aliphatic rings. The maximum atomic E-state index is 9.85. The van der Waals surface area contributed by atoms with Crippen molar-refractivity contribution in [1.82, 2.24) is 0 Å². The zero-order chi connectivity index (χ0) is 10.1. The number of hydrogen-bond donors (Lipinski definition) is 2. The van der Waals surface area contributed by atoms with Crippen molar-refractivity contribution in [3.05, 3.63) is 0 Å². The van der Waals surface area contributed by atoms with E-state index in [-0.39, 0.29) is 0 Å². The van der Waals surface area contributed by atoms with Gasteiger partial charge in [-0.05, 0) is 0 Å². The first-order chi connectivity index (χ1) is 4.73. The molecule has 0 fully saturated rings. The lowest BCUT2D eigenvalue weighted by Gasteiger charge is -1.75. The Hall–Kier alpha value is 0.0600. The van der Waals surface area contributed by atoms with Crippen molar-refractivity contribution >= 4 is 20.5 Å². The Kier molecular flexibility index (Phi) is 15.8. The lowest BCUT2D eigenvalue weighted by atomic mass is 11.8. The van der Waals surface area contributed by atoms with Crippen LogP contribution >= 0.6 is 0 Å². The van der Waals surface area contributed by atoms with Gasteiger partial charge in [-0.2, -0.15) is 0 Å². The molecule has 4 nitrogen and oxygen atoms in total. The summed E-state index contributed by atoms with van der Waals surface area (Å²) in [7, 11) is -1.78. The Morgan fingerprint density at radius 1 is 1.27 bits per heavy atom. The molecule has 11 heavy (non-hydrogen) atoms. The monoisotopic (exact) mass is 203 g/mol. The molecule has 0 rings (SSSR count). The minimum absolute atomic E-state index is 0.611. The van der Waals surface area contributed by atoms with Crippen LogP contribution in [0.2, 0.25) is 0 Å². The van der Waals surface area contributed by atoms with Crippen molar-refractivity contribution in [2.75, 3.05) is 32.1 Å². The summed E-state index contributed by atoms with van der Waals surface area (Å²) in [6.07, 6.45) is 6.04. The summed E-state index contributed by atoms with van der Waals surface area (Å²) in [5, 5.41) is 7.00. The van der Waals surface area contributed by atoms with Crippen LogP contribution in [-0.4, -0.2) is 45.7 Å². The Labute approximate surface area is 71.4 Å². The predicted molar refractivity (Wildman–Crippen MR) is 50.8 cm³/mol. The van der Waals surface area contributed by atoms with Crippen LogP contribution in [0, 0.1) is 4.78 Å². The van der Waals surface area contributed by atoms with Crippen molar-refractivity contribution in [3.63, 3.8) is 0 Å². The van der Waals surface area contributed by atoms with Crippen molar-refractivity contribution in [2.45, 2.75) is 0 Å². The van der Waals surface area contributed by atoms with Gasteiger partial charge in [0.2, 0.25) is 0 Å². The largest absolute Gasteiger partial charge is 0.400 e. The Balaban J connectivity index is -0.0000000965. The smallest absolute Gasteiger partial charge is 0.0383 e. The molecule has 0 aliphatic carbocycles. The van der Waals surface area contributed by atoms with Crippen LogP contribution in [0.3, 0.4) is 0 Å². The summed E-state index contributed by atoms with van der Waals surface area (Å²) in [4.78, 5) is 0. The maximum Gasteiger partial charge on any atom is 0.0383 e. The lowest BCUT2D eigenvalue weighted by Crippen LogP contribution is -1.83. The summed E-state index contributed by atoms with van der Waals surface area (Å²) < 4.78 is 25.9. The summed E-state index contributed by atoms with van der Waals surface area (Å²) in [5.74, 6) is 0. The first-order valence-corrected chi connectivity index (χ1v) is 6.96. The SMILES string of the molecule is CO.CS(C)(=N)=O.CS(C)=O. The number of nitrogens with one attached hydrogen (secondary N) is 1. The third-order valence-electron chi connectivity index (χ3n) is 0. The summed E-state index contributed by atoms with van der Waals surface area (Å²) in [6.45, 7) is 0. The van der Waals surface area contributed by atoms with Crippen LogP contribution in [0.1, 0.15) is 0 Å². The standard InChI is InChI=1S/C2H7NOS.C2H6OS.CH4O/c1-5(2,3)4;1-4(2)3;1-2/h3H,1-2H3;1-2H3;2H,1H3. The lowest BCUT2D eigenvalue weighted by molar-refractivity contribution is 0.399. The Morgan fingerprint density at radius 3 is 1.27 bits per heavy atom. The average Bonchev–Trinajstić information content (AvgIpc) is 1.63. The molecule has 0 heterocycles. The van der Waals surface area contributed by atoms with Crippen molar-refractivity contribution in [3.8, 4) is 0 Å². The van der Waals surface area contributed by atoms with E-state index in [9.17, 15) is 8.42 Å². The van der Waals surface area contributed by atoms with E-state index in [1.807, 2.05) is 0 Å².